The lowest BCUT2D eigenvalue weighted by atomic mass is 9.55. The first kappa shape index (κ1) is 8.49. The largest absolute Gasteiger partial charge is 0.388 e. The van der Waals surface area contributed by atoms with Gasteiger partial charge in [0, 0.05) is 10.8 Å². The van der Waals surface area contributed by atoms with Gasteiger partial charge in [-0.05, 0) is 12.8 Å². The summed E-state index contributed by atoms with van der Waals surface area (Å²) in [5.74, 6) is 0. The maximum absolute atomic E-state index is 10.1. The van der Waals surface area contributed by atoms with Crippen LogP contribution in [0, 0.1) is 10.8 Å². The Balaban J connectivity index is 2.14. The molecule has 1 saturated carbocycles. The Morgan fingerprint density at radius 1 is 1.00 bits per heavy atom. The van der Waals surface area contributed by atoms with Gasteiger partial charge in [-0.1, -0.05) is 49.3 Å². The summed E-state index contributed by atoms with van der Waals surface area (Å²) in [6.45, 7) is 0. The Morgan fingerprint density at radius 3 is 2.64 bits per heavy atom. The molecule has 0 saturated heterocycles. The molecule has 0 unspecified atom stereocenters. The summed E-state index contributed by atoms with van der Waals surface area (Å²) in [4.78, 5) is 0. The highest BCUT2D eigenvalue weighted by Gasteiger charge is 2.55. The summed E-state index contributed by atoms with van der Waals surface area (Å²) in [6.07, 6.45) is 17.6. The first-order valence-corrected chi connectivity index (χ1v) is 5.54. The summed E-state index contributed by atoms with van der Waals surface area (Å²) in [5.41, 5.74) is 0.138. The van der Waals surface area contributed by atoms with Gasteiger partial charge in [-0.15, -0.1) is 0 Å². The molecule has 0 aromatic heterocycles. The molecule has 14 heavy (non-hydrogen) atoms. The molecule has 0 radical (unpaired) electrons. The normalized spacial score (nSPS) is 49.1. The lowest BCUT2D eigenvalue weighted by Crippen LogP contribution is -2.45. The van der Waals surface area contributed by atoms with Gasteiger partial charge >= 0.3 is 0 Å². The minimum Gasteiger partial charge on any atom is -0.388 e. The Kier molecular flexibility index (Phi) is 1.58. The van der Waals surface area contributed by atoms with Crippen LogP contribution in [0.2, 0.25) is 0 Å². The fourth-order valence-electron chi connectivity index (χ4n) is 3.48. The molecule has 0 amide bonds. The second-order valence-corrected chi connectivity index (χ2v) is 4.81. The Morgan fingerprint density at radius 2 is 1.79 bits per heavy atom. The molecule has 3 rings (SSSR count). The Hall–Kier alpha value is -0.820. The molecule has 0 aromatic rings. The summed E-state index contributed by atoms with van der Waals surface area (Å²) in [5, 5.41) is 10.1. The van der Waals surface area contributed by atoms with E-state index >= 15 is 0 Å². The first-order chi connectivity index (χ1) is 6.79. The molecule has 1 fully saturated rings. The Bertz CT molecular complexity index is 339. The third-order valence-electron chi connectivity index (χ3n) is 4.30. The average molecular weight is 188 g/mol. The summed E-state index contributed by atoms with van der Waals surface area (Å²) in [6, 6.07) is 0. The van der Waals surface area contributed by atoms with Crippen LogP contribution in [0.25, 0.3) is 0 Å². The van der Waals surface area contributed by atoms with Gasteiger partial charge in [0.15, 0.2) is 0 Å². The molecule has 3 aliphatic carbocycles. The van der Waals surface area contributed by atoms with Crippen molar-refractivity contribution >= 4 is 0 Å². The van der Waals surface area contributed by atoms with Crippen molar-refractivity contribution in [2.75, 3.05) is 0 Å². The first-order valence-electron chi connectivity index (χ1n) is 5.54. The fourth-order valence-corrected chi connectivity index (χ4v) is 3.48. The highest BCUT2D eigenvalue weighted by molar-refractivity contribution is 5.39. The standard InChI is InChI=1S/C13H16O/c14-11-5-10-12-6-1-3-8-13(11,12)9-4-2-7-12/h1,3,5-6,8,10-11,14H,2,4,7,9H2/t11-,12+,13+/m1/s1. The summed E-state index contributed by atoms with van der Waals surface area (Å²) < 4.78 is 0. The number of aliphatic hydroxyl groups excluding tert-OH is 1. The van der Waals surface area contributed by atoms with Gasteiger partial charge in [0.1, 0.15) is 0 Å². The van der Waals surface area contributed by atoms with Crippen molar-refractivity contribution in [1.29, 1.82) is 0 Å². The summed E-state index contributed by atoms with van der Waals surface area (Å²) >= 11 is 0. The van der Waals surface area contributed by atoms with Gasteiger partial charge < -0.3 is 5.11 Å². The van der Waals surface area contributed by atoms with Crippen molar-refractivity contribution < 1.29 is 5.11 Å². The molecule has 1 heteroatoms. The predicted octanol–water partition coefficient (Wildman–Crippen LogP) is 2.59. The van der Waals surface area contributed by atoms with Gasteiger partial charge in [0.2, 0.25) is 0 Å². The van der Waals surface area contributed by atoms with Crippen LogP contribution >= 0.6 is 0 Å². The van der Waals surface area contributed by atoms with Crippen LogP contribution in [0.4, 0.5) is 0 Å². The number of rotatable bonds is 0. The second kappa shape index (κ2) is 2.60. The number of hydrogen-bond acceptors (Lipinski definition) is 1. The van der Waals surface area contributed by atoms with Gasteiger partial charge in [0.25, 0.3) is 0 Å². The van der Waals surface area contributed by atoms with Gasteiger partial charge in [-0.25, -0.2) is 0 Å². The van der Waals surface area contributed by atoms with E-state index in [2.05, 4.69) is 30.4 Å². The van der Waals surface area contributed by atoms with Crippen LogP contribution in [-0.4, -0.2) is 11.2 Å². The molecule has 0 bridgehead atoms. The van der Waals surface area contributed by atoms with Gasteiger partial charge in [-0.2, -0.15) is 0 Å². The van der Waals surface area contributed by atoms with Crippen molar-refractivity contribution in [3.8, 4) is 0 Å². The third-order valence-corrected chi connectivity index (χ3v) is 4.30. The SMILES string of the molecule is O[C@@H]1C=C[C@@]23C=CC=C[C@]12CCCC3. The molecule has 0 heterocycles. The molecule has 3 aliphatic rings. The molecule has 0 aliphatic heterocycles. The van der Waals surface area contributed by atoms with E-state index in [9.17, 15) is 5.11 Å². The minimum atomic E-state index is -0.274. The average Bonchev–Trinajstić information content (AvgIpc) is 2.54. The summed E-state index contributed by atoms with van der Waals surface area (Å²) in [7, 11) is 0. The van der Waals surface area contributed by atoms with E-state index in [1.54, 1.807) is 0 Å². The maximum Gasteiger partial charge on any atom is 0.0823 e. The predicted molar refractivity (Wildman–Crippen MR) is 56.8 cm³/mol. The van der Waals surface area contributed by atoms with E-state index in [1.807, 2.05) is 6.08 Å². The van der Waals surface area contributed by atoms with E-state index in [-0.39, 0.29) is 16.9 Å². The van der Waals surface area contributed by atoms with E-state index < -0.39 is 0 Å². The number of hydrogen-bond donors (Lipinski definition) is 1. The zero-order chi connectivity index (χ0) is 9.65. The zero-order valence-corrected chi connectivity index (χ0v) is 8.32. The van der Waals surface area contributed by atoms with Crippen molar-refractivity contribution in [2.24, 2.45) is 10.8 Å². The van der Waals surface area contributed by atoms with Crippen molar-refractivity contribution in [3.63, 3.8) is 0 Å². The van der Waals surface area contributed by atoms with Crippen LogP contribution in [0.3, 0.4) is 0 Å². The van der Waals surface area contributed by atoms with Crippen LogP contribution in [0.5, 0.6) is 0 Å². The molecule has 3 atom stereocenters. The van der Waals surface area contributed by atoms with Gasteiger partial charge in [-0.3, -0.25) is 0 Å². The van der Waals surface area contributed by atoms with Crippen LogP contribution < -0.4 is 0 Å². The van der Waals surface area contributed by atoms with E-state index in [1.165, 1.54) is 19.3 Å². The molecule has 1 nitrogen and oxygen atoms in total. The van der Waals surface area contributed by atoms with Crippen LogP contribution in [-0.2, 0) is 0 Å². The second-order valence-electron chi connectivity index (χ2n) is 4.81. The quantitative estimate of drug-likeness (QED) is 0.579. The number of aliphatic hydroxyl groups is 1. The molecule has 74 valence electrons. The number of allylic oxidation sites excluding steroid dienone is 4. The Labute approximate surface area is 84.8 Å². The van der Waals surface area contributed by atoms with E-state index in [0.29, 0.717) is 0 Å². The highest BCUT2D eigenvalue weighted by Crippen LogP contribution is 2.60. The smallest absolute Gasteiger partial charge is 0.0823 e. The fraction of sp³-hybridized carbons (Fsp3) is 0.538. The van der Waals surface area contributed by atoms with Crippen LogP contribution in [0.1, 0.15) is 25.7 Å². The lowest BCUT2D eigenvalue weighted by Gasteiger charge is -2.49. The highest BCUT2D eigenvalue weighted by atomic mass is 16.3. The van der Waals surface area contributed by atoms with Crippen molar-refractivity contribution in [3.05, 3.63) is 36.5 Å². The van der Waals surface area contributed by atoms with Crippen LogP contribution in [0.15, 0.2) is 36.5 Å². The van der Waals surface area contributed by atoms with E-state index in [4.69, 9.17) is 0 Å². The van der Waals surface area contributed by atoms with E-state index in [0.717, 1.165) is 6.42 Å². The zero-order valence-electron chi connectivity index (χ0n) is 8.32. The monoisotopic (exact) mass is 188 g/mol. The molecule has 0 aromatic carbocycles. The molecule has 0 spiro atoms. The third kappa shape index (κ3) is 0.795. The van der Waals surface area contributed by atoms with Gasteiger partial charge in [0.05, 0.1) is 6.10 Å². The topological polar surface area (TPSA) is 20.2 Å². The van der Waals surface area contributed by atoms with Crippen molar-refractivity contribution in [2.45, 2.75) is 31.8 Å². The van der Waals surface area contributed by atoms with Crippen molar-refractivity contribution in [1.82, 2.24) is 0 Å². The maximum atomic E-state index is 10.1. The minimum absolute atomic E-state index is 0. The molecular formula is C13H16O. The molecule has 1 N–H and O–H groups in total. The molecular weight excluding hydrogens is 172 g/mol. The lowest BCUT2D eigenvalue weighted by molar-refractivity contribution is 0.0181.